The van der Waals surface area contributed by atoms with Crippen molar-refractivity contribution in [2.75, 3.05) is 13.1 Å². The predicted molar refractivity (Wildman–Crippen MR) is 147 cm³/mol. The summed E-state index contributed by atoms with van der Waals surface area (Å²) in [6, 6.07) is 5.92. The van der Waals surface area contributed by atoms with Crippen LogP contribution in [0.1, 0.15) is 73.7 Å². The number of carbonyl (C=O) groups excluding carboxylic acids is 2. The Kier molecular flexibility index (Phi) is 9.06. The number of aromatic amines is 1. The first kappa shape index (κ1) is 28.4. The van der Waals surface area contributed by atoms with Crippen LogP contribution in [-0.2, 0) is 17.6 Å². The fraction of sp³-hybridized carbons (Fsp3) is 0.517. The molecule has 1 aliphatic rings. The fourth-order valence-electron chi connectivity index (χ4n) is 5.38. The molecule has 10 nitrogen and oxygen atoms in total. The van der Waals surface area contributed by atoms with Gasteiger partial charge in [-0.15, -0.1) is 0 Å². The number of carbonyl (C=O) groups is 3. The number of urea groups is 1. The van der Waals surface area contributed by atoms with Crippen LogP contribution in [0.4, 0.5) is 4.79 Å². The lowest BCUT2D eigenvalue weighted by Crippen LogP contribution is -2.57. The van der Waals surface area contributed by atoms with Crippen molar-refractivity contribution in [3.05, 3.63) is 53.4 Å². The Bertz CT molecular complexity index is 1300. The van der Waals surface area contributed by atoms with Gasteiger partial charge in [-0.2, -0.15) is 0 Å². The molecule has 0 aliphatic carbocycles. The molecule has 39 heavy (non-hydrogen) atoms. The van der Waals surface area contributed by atoms with E-state index in [1.54, 1.807) is 11.8 Å². The number of nitrogens with one attached hydrogen (secondary N) is 1. The molecule has 0 radical (unpaired) electrons. The van der Waals surface area contributed by atoms with Gasteiger partial charge < -0.3 is 25.1 Å². The zero-order valence-corrected chi connectivity index (χ0v) is 23.0. The van der Waals surface area contributed by atoms with Crippen molar-refractivity contribution >= 4 is 28.8 Å². The SMILES string of the molecule is Cc1oc(C[C@@H](Cc2c[nH]c3ccccc23)N(C(=O)[C@@H](N)CC(C)C)C(=O)N2CCCCCC2)nc1C(=O)O. The van der Waals surface area contributed by atoms with Crippen LogP contribution < -0.4 is 5.73 Å². The molecule has 2 aromatic heterocycles. The van der Waals surface area contributed by atoms with Gasteiger partial charge in [0, 0.05) is 36.6 Å². The summed E-state index contributed by atoms with van der Waals surface area (Å²) >= 11 is 0. The van der Waals surface area contributed by atoms with Crippen molar-refractivity contribution in [2.24, 2.45) is 11.7 Å². The molecular formula is C29H39N5O5. The van der Waals surface area contributed by atoms with Gasteiger partial charge in [0.1, 0.15) is 5.76 Å². The lowest BCUT2D eigenvalue weighted by atomic mass is 9.98. The molecule has 0 spiro atoms. The highest BCUT2D eigenvalue weighted by molar-refractivity contribution is 5.97. The van der Waals surface area contributed by atoms with E-state index in [4.69, 9.17) is 10.2 Å². The minimum absolute atomic E-state index is 0.0628. The largest absolute Gasteiger partial charge is 0.476 e. The van der Waals surface area contributed by atoms with Gasteiger partial charge in [0.15, 0.2) is 11.6 Å². The third-order valence-corrected chi connectivity index (χ3v) is 7.31. The van der Waals surface area contributed by atoms with Crippen LogP contribution in [-0.4, -0.2) is 68.0 Å². The number of rotatable bonds is 9. The topological polar surface area (TPSA) is 146 Å². The van der Waals surface area contributed by atoms with Crippen molar-refractivity contribution < 1.29 is 23.9 Å². The number of carboxylic acids is 1. The van der Waals surface area contributed by atoms with Gasteiger partial charge in [0.2, 0.25) is 5.91 Å². The quantitative estimate of drug-likeness (QED) is 0.364. The van der Waals surface area contributed by atoms with E-state index in [1.165, 1.54) is 4.90 Å². The van der Waals surface area contributed by atoms with Crippen molar-refractivity contribution in [2.45, 2.75) is 77.8 Å². The molecule has 2 atom stereocenters. The summed E-state index contributed by atoms with van der Waals surface area (Å²) in [7, 11) is 0. The van der Waals surface area contributed by atoms with Gasteiger partial charge >= 0.3 is 12.0 Å². The molecule has 10 heteroatoms. The van der Waals surface area contributed by atoms with E-state index >= 15 is 0 Å². The number of carboxylic acid groups (broad SMARTS) is 1. The predicted octanol–water partition coefficient (Wildman–Crippen LogP) is 4.51. The van der Waals surface area contributed by atoms with Gasteiger partial charge in [-0.25, -0.2) is 14.6 Å². The Morgan fingerprint density at radius 1 is 1.13 bits per heavy atom. The molecule has 3 aromatic rings. The molecular weight excluding hydrogens is 498 g/mol. The number of aromatic nitrogens is 2. The number of hydrogen-bond acceptors (Lipinski definition) is 6. The number of H-pyrrole nitrogens is 1. The molecule has 4 N–H and O–H groups in total. The third kappa shape index (κ3) is 6.68. The summed E-state index contributed by atoms with van der Waals surface area (Å²) in [4.78, 5) is 50.2. The summed E-state index contributed by atoms with van der Waals surface area (Å²) < 4.78 is 5.72. The van der Waals surface area contributed by atoms with Crippen LogP contribution in [0.3, 0.4) is 0 Å². The van der Waals surface area contributed by atoms with Crippen molar-refractivity contribution in [3.8, 4) is 0 Å². The van der Waals surface area contributed by atoms with Gasteiger partial charge in [0.25, 0.3) is 0 Å². The number of likely N-dealkylation sites (tertiary alicyclic amines) is 1. The lowest BCUT2D eigenvalue weighted by molar-refractivity contribution is -0.132. The molecule has 210 valence electrons. The van der Waals surface area contributed by atoms with E-state index in [2.05, 4.69) is 9.97 Å². The van der Waals surface area contributed by atoms with E-state index in [-0.39, 0.29) is 35.7 Å². The second kappa shape index (κ2) is 12.5. The van der Waals surface area contributed by atoms with E-state index in [1.807, 2.05) is 44.3 Å². The first-order valence-electron chi connectivity index (χ1n) is 13.8. The first-order chi connectivity index (χ1) is 18.7. The van der Waals surface area contributed by atoms with Crippen molar-refractivity contribution in [1.82, 2.24) is 19.8 Å². The summed E-state index contributed by atoms with van der Waals surface area (Å²) in [5.41, 5.74) is 8.09. The number of imide groups is 1. The monoisotopic (exact) mass is 537 g/mol. The molecule has 3 amide bonds. The number of fused-ring (bicyclic) bond motifs is 1. The molecule has 4 rings (SSSR count). The molecule has 0 unspecified atom stereocenters. The zero-order chi connectivity index (χ0) is 28.1. The number of amides is 3. The minimum Gasteiger partial charge on any atom is -0.476 e. The van der Waals surface area contributed by atoms with E-state index in [0.717, 1.165) is 42.1 Å². The van der Waals surface area contributed by atoms with Gasteiger partial charge in [-0.05, 0) is 50.2 Å². The van der Waals surface area contributed by atoms with Crippen LogP contribution >= 0.6 is 0 Å². The standard InChI is InChI=1S/C29H39N5O5/c1-18(2)14-23(30)27(35)34(29(38)33-12-8-4-5-9-13-33)21(16-25-32-26(28(36)37)19(3)39-25)15-20-17-31-24-11-7-6-10-22(20)24/h6-7,10-11,17-18,21,23,31H,4-5,8-9,12-16,30H2,1-3H3,(H,36,37)/t21-,23+/m1/s1. The Morgan fingerprint density at radius 2 is 1.82 bits per heavy atom. The second-order valence-corrected chi connectivity index (χ2v) is 10.9. The maximum atomic E-state index is 14.1. The van der Waals surface area contributed by atoms with E-state index in [9.17, 15) is 19.5 Å². The number of aromatic carboxylic acids is 1. The zero-order valence-electron chi connectivity index (χ0n) is 23.0. The average molecular weight is 538 g/mol. The number of oxazole rings is 1. The highest BCUT2D eigenvalue weighted by Crippen LogP contribution is 2.25. The smallest absolute Gasteiger partial charge is 0.358 e. The first-order valence-corrected chi connectivity index (χ1v) is 13.8. The number of nitrogens with zero attached hydrogens (tertiary/aromatic N) is 3. The number of para-hydroxylation sites is 1. The molecule has 0 bridgehead atoms. The minimum atomic E-state index is -1.19. The van der Waals surface area contributed by atoms with E-state index < -0.39 is 24.0 Å². The summed E-state index contributed by atoms with van der Waals surface area (Å²) in [6.45, 7) is 6.66. The van der Waals surface area contributed by atoms with Crippen molar-refractivity contribution in [3.63, 3.8) is 0 Å². The highest BCUT2D eigenvalue weighted by Gasteiger charge is 2.37. The van der Waals surface area contributed by atoms with Gasteiger partial charge in [0.05, 0.1) is 12.1 Å². The van der Waals surface area contributed by atoms with E-state index in [0.29, 0.717) is 25.9 Å². The Balaban J connectivity index is 1.76. The molecule has 1 fully saturated rings. The van der Waals surface area contributed by atoms with Crippen LogP contribution in [0.15, 0.2) is 34.9 Å². The second-order valence-electron chi connectivity index (χ2n) is 10.9. The maximum Gasteiger partial charge on any atom is 0.358 e. The van der Waals surface area contributed by atoms with Crippen LogP contribution in [0.25, 0.3) is 10.9 Å². The molecule has 1 aliphatic heterocycles. The highest BCUT2D eigenvalue weighted by atomic mass is 16.4. The van der Waals surface area contributed by atoms with Crippen LogP contribution in [0.2, 0.25) is 0 Å². The molecule has 1 saturated heterocycles. The fourth-order valence-corrected chi connectivity index (χ4v) is 5.38. The summed E-state index contributed by atoms with van der Waals surface area (Å²) in [5, 5.41) is 10.5. The van der Waals surface area contributed by atoms with Crippen LogP contribution in [0, 0.1) is 12.8 Å². The average Bonchev–Trinajstić information content (AvgIpc) is 3.34. The normalized spacial score (nSPS) is 15.8. The van der Waals surface area contributed by atoms with Crippen molar-refractivity contribution in [1.29, 1.82) is 0 Å². The van der Waals surface area contributed by atoms with Gasteiger partial charge in [-0.3, -0.25) is 9.69 Å². The Labute approximate surface area is 228 Å². The molecule has 3 heterocycles. The maximum absolute atomic E-state index is 14.1. The number of aryl methyl sites for hydroxylation is 1. The Morgan fingerprint density at radius 3 is 2.46 bits per heavy atom. The molecule has 0 saturated carbocycles. The van der Waals surface area contributed by atoms with Gasteiger partial charge in [-0.1, -0.05) is 44.9 Å². The lowest BCUT2D eigenvalue weighted by Gasteiger charge is -2.35. The number of nitrogens with two attached hydrogens (primary N) is 1. The van der Waals surface area contributed by atoms with Crippen LogP contribution in [0.5, 0.6) is 0 Å². The summed E-state index contributed by atoms with van der Waals surface area (Å²) in [6.07, 6.45) is 6.53. The summed E-state index contributed by atoms with van der Waals surface area (Å²) in [5.74, 6) is -1.13. The molecule has 1 aromatic carbocycles. The number of benzene rings is 1. The third-order valence-electron chi connectivity index (χ3n) is 7.31. The number of hydrogen-bond donors (Lipinski definition) is 3. The Hall–Kier alpha value is -3.66.